The molecule has 1 atom stereocenters. The third kappa shape index (κ3) is 7.54. The molecule has 0 aliphatic rings. The minimum Gasteiger partial charge on any atom is -0.493 e. The molecule has 37 heavy (non-hydrogen) atoms. The molecule has 2 N–H and O–H groups in total. The molecule has 0 aliphatic carbocycles. The van der Waals surface area contributed by atoms with Gasteiger partial charge in [-0.1, -0.05) is 68.0 Å². The number of amides is 2. The molecule has 3 aromatic carbocycles. The first kappa shape index (κ1) is 27.2. The molecule has 192 valence electrons. The summed E-state index contributed by atoms with van der Waals surface area (Å²) >= 11 is 0. The molecule has 7 heteroatoms. The molecule has 0 saturated heterocycles. The summed E-state index contributed by atoms with van der Waals surface area (Å²) < 4.78 is 10.6. The van der Waals surface area contributed by atoms with Crippen molar-refractivity contribution < 1.29 is 23.9 Å². The summed E-state index contributed by atoms with van der Waals surface area (Å²) in [6.07, 6.45) is 4.88. The highest BCUT2D eigenvalue weighted by Gasteiger charge is 2.22. The van der Waals surface area contributed by atoms with Crippen molar-refractivity contribution in [2.24, 2.45) is 0 Å². The zero-order valence-corrected chi connectivity index (χ0v) is 21.3. The van der Waals surface area contributed by atoms with Gasteiger partial charge in [0, 0.05) is 11.1 Å². The number of ketones is 1. The van der Waals surface area contributed by atoms with Crippen LogP contribution in [0.3, 0.4) is 0 Å². The molecule has 0 radical (unpaired) electrons. The van der Waals surface area contributed by atoms with E-state index in [1.54, 1.807) is 50.6 Å². The van der Waals surface area contributed by atoms with E-state index in [-0.39, 0.29) is 24.1 Å². The first-order chi connectivity index (χ1) is 18.0. The van der Waals surface area contributed by atoms with Gasteiger partial charge in [0.15, 0.2) is 17.3 Å². The van der Waals surface area contributed by atoms with Gasteiger partial charge in [0.2, 0.25) is 0 Å². The van der Waals surface area contributed by atoms with E-state index in [0.29, 0.717) is 41.0 Å². The average molecular weight is 501 g/mol. The maximum absolute atomic E-state index is 13.2. The van der Waals surface area contributed by atoms with Crippen molar-refractivity contribution in [2.75, 3.05) is 20.8 Å². The number of hydrogen-bond acceptors (Lipinski definition) is 5. The van der Waals surface area contributed by atoms with Crippen LogP contribution in [-0.2, 0) is 4.79 Å². The summed E-state index contributed by atoms with van der Waals surface area (Å²) in [5.41, 5.74) is 2.50. The highest BCUT2D eigenvalue weighted by Crippen LogP contribution is 2.28. The van der Waals surface area contributed by atoms with Crippen LogP contribution in [0.15, 0.2) is 72.8 Å². The minimum atomic E-state index is -0.712. The van der Waals surface area contributed by atoms with Crippen LogP contribution in [0.4, 0.5) is 0 Å². The van der Waals surface area contributed by atoms with Crippen LogP contribution in [0.25, 0.3) is 12.2 Å². The molecular formula is C30H32N2O5. The molecule has 0 saturated carbocycles. The van der Waals surface area contributed by atoms with Gasteiger partial charge in [-0.05, 0) is 47.9 Å². The largest absolute Gasteiger partial charge is 0.493 e. The number of ether oxygens (including phenoxy) is 2. The van der Waals surface area contributed by atoms with E-state index in [2.05, 4.69) is 10.6 Å². The zero-order valence-electron chi connectivity index (χ0n) is 21.3. The number of nitrogens with one attached hydrogen (secondary N) is 2. The molecule has 0 aromatic heterocycles. The quantitative estimate of drug-likeness (QED) is 0.350. The zero-order chi connectivity index (χ0) is 26.6. The van der Waals surface area contributed by atoms with Crippen LogP contribution in [0.2, 0.25) is 0 Å². The van der Waals surface area contributed by atoms with E-state index in [1.165, 1.54) is 0 Å². The van der Waals surface area contributed by atoms with Gasteiger partial charge in [0.25, 0.3) is 11.8 Å². The highest BCUT2D eigenvalue weighted by molar-refractivity contribution is 6.02. The maximum atomic E-state index is 13.2. The predicted octanol–water partition coefficient (Wildman–Crippen LogP) is 4.77. The van der Waals surface area contributed by atoms with Gasteiger partial charge in [-0.25, -0.2) is 0 Å². The summed E-state index contributed by atoms with van der Waals surface area (Å²) in [5.74, 6) is 0.301. The number of methoxy groups -OCH3 is 2. The van der Waals surface area contributed by atoms with Crippen LogP contribution in [-0.4, -0.2) is 44.4 Å². The molecule has 1 unspecified atom stereocenters. The number of hydrogen-bond donors (Lipinski definition) is 2. The van der Waals surface area contributed by atoms with Gasteiger partial charge in [0.1, 0.15) is 0 Å². The molecule has 0 bridgehead atoms. The minimum absolute atomic E-state index is 0.167. The Hall–Kier alpha value is -4.39. The lowest BCUT2D eigenvalue weighted by Gasteiger charge is -2.18. The molecule has 2 amide bonds. The Balaban J connectivity index is 1.70. The van der Waals surface area contributed by atoms with E-state index < -0.39 is 6.04 Å². The Kier molecular flexibility index (Phi) is 10.0. The SMILES string of the molecule is CCCC(NC(=O)c1ccccc1C=Cc1ccc(OC)c(OC)c1)C(=O)CNC(=O)c1ccccc1. The van der Waals surface area contributed by atoms with Crippen molar-refractivity contribution in [3.05, 3.63) is 95.1 Å². The predicted molar refractivity (Wildman–Crippen MR) is 145 cm³/mol. The van der Waals surface area contributed by atoms with E-state index in [4.69, 9.17) is 9.47 Å². The van der Waals surface area contributed by atoms with Crippen LogP contribution < -0.4 is 20.1 Å². The summed E-state index contributed by atoms with van der Waals surface area (Å²) in [4.78, 5) is 38.4. The molecule has 0 fully saturated rings. The van der Waals surface area contributed by atoms with E-state index >= 15 is 0 Å². The Morgan fingerprint density at radius 3 is 2.24 bits per heavy atom. The third-order valence-corrected chi connectivity index (χ3v) is 5.80. The molecule has 0 spiro atoms. The molecule has 7 nitrogen and oxygen atoms in total. The molecular weight excluding hydrogens is 468 g/mol. The third-order valence-electron chi connectivity index (χ3n) is 5.80. The Morgan fingerprint density at radius 2 is 1.54 bits per heavy atom. The van der Waals surface area contributed by atoms with Gasteiger partial charge in [0.05, 0.1) is 26.8 Å². The summed E-state index contributed by atoms with van der Waals surface area (Å²) in [7, 11) is 3.15. The van der Waals surface area contributed by atoms with Crippen LogP contribution in [0, 0.1) is 0 Å². The van der Waals surface area contributed by atoms with E-state index in [9.17, 15) is 14.4 Å². The lowest BCUT2D eigenvalue weighted by molar-refractivity contribution is -0.120. The summed E-state index contributed by atoms with van der Waals surface area (Å²) in [5, 5.41) is 5.51. The molecule has 0 aliphatic heterocycles. The molecule has 3 aromatic rings. The lowest BCUT2D eigenvalue weighted by atomic mass is 10.0. The highest BCUT2D eigenvalue weighted by atomic mass is 16.5. The van der Waals surface area contributed by atoms with E-state index in [1.807, 2.05) is 55.5 Å². The first-order valence-corrected chi connectivity index (χ1v) is 12.1. The van der Waals surface area contributed by atoms with Gasteiger partial charge in [-0.3, -0.25) is 14.4 Å². The van der Waals surface area contributed by atoms with E-state index in [0.717, 1.165) is 5.56 Å². The Morgan fingerprint density at radius 1 is 0.838 bits per heavy atom. The number of carbonyl (C=O) groups is 3. The number of carbonyl (C=O) groups excluding carboxylic acids is 3. The van der Waals surface area contributed by atoms with Crippen molar-refractivity contribution >= 4 is 29.7 Å². The van der Waals surface area contributed by atoms with Crippen molar-refractivity contribution in [2.45, 2.75) is 25.8 Å². The second kappa shape index (κ2) is 13.6. The van der Waals surface area contributed by atoms with Crippen LogP contribution in [0.1, 0.15) is 51.6 Å². The summed E-state index contributed by atoms with van der Waals surface area (Å²) in [6, 6.07) is 20.7. The number of rotatable bonds is 12. The number of benzene rings is 3. The van der Waals surface area contributed by atoms with Crippen LogP contribution >= 0.6 is 0 Å². The van der Waals surface area contributed by atoms with Gasteiger partial charge in [-0.15, -0.1) is 0 Å². The topological polar surface area (TPSA) is 93.7 Å². The second-order valence-electron chi connectivity index (χ2n) is 8.36. The smallest absolute Gasteiger partial charge is 0.252 e. The van der Waals surface area contributed by atoms with Gasteiger partial charge < -0.3 is 20.1 Å². The standard InChI is InChI=1S/C30H32N2O5/c1-4-10-25(26(33)20-31-29(34)23-12-6-5-7-13-23)32-30(35)24-14-9-8-11-22(24)17-15-21-16-18-27(36-2)28(19-21)37-3/h5-9,11-19,25H,4,10,20H2,1-3H3,(H,31,34)(H,32,35). The molecule has 3 rings (SSSR count). The normalized spacial score (nSPS) is 11.5. The maximum Gasteiger partial charge on any atom is 0.252 e. The van der Waals surface area contributed by atoms with Crippen LogP contribution in [0.5, 0.6) is 11.5 Å². The van der Waals surface area contributed by atoms with Crippen molar-refractivity contribution in [3.63, 3.8) is 0 Å². The Labute approximate surface area is 217 Å². The van der Waals surface area contributed by atoms with Crippen molar-refractivity contribution in [1.82, 2.24) is 10.6 Å². The number of Topliss-reactive ketones (excluding diaryl/α,β-unsaturated/α-hetero) is 1. The first-order valence-electron chi connectivity index (χ1n) is 12.1. The fraction of sp³-hybridized carbons (Fsp3) is 0.233. The monoisotopic (exact) mass is 500 g/mol. The van der Waals surface area contributed by atoms with Gasteiger partial charge >= 0.3 is 0 Å². The van der Waals surface area contributed by atoms with Crippen molar-refractivity contribution in [1.29, 1.82) is 0 Å². The van der Waals surface area contributed by atoms with Crippen molar-refractivity contribution in [3.8, 4) is 11.5 Å². The fourth-order valence-corrected chi connectivity index (χ4v) is 3.81. The second-order valence-corrected chi connectivity index (χ2v) is 8.36. The average Bonchev–Trinajstić information content (AvgIpc) is 2.94. The molecule has 0 heterocycles. The Bertz CT molecular complexity index is 1250. The van der Waals surface area contributed by atoms with Gasteiger partial charge in [-0.2, -0.15) is 0 Å². The lowest BCUT2D eigenvalue weighted by Crippen LogP contribution is -2.45. The summed E-state index contributed by atoms with van der Waals surface area (Å²) in [6.45, 7) is 1.77. The fourth-order valence-electron chi connectivity index (χ4n) is 3.81.